The zero-order chi connectivity index (χ0) is 22.5. The molecule has 1 aromatic heterocycles. The first-order valence-corrected chi connectivity index (χ1v) is 10.8. The SMILES string of the molecule is CC(=O)N(C)c1ccccc1NC(=O)/C(C#N)=C/c1cc(C)n(C2CCCCC2)c1C. The zero-order valence-corrected chi connectivity index (χ0v) is 18.7. The molecule has 0 aliphatic heterocycles. The molecule has 1 heterocycles. The van der Waals surface area contributed by atoms with E-state index in [0.29, 0.717) is 17.4 Å². The number of aromatic nitrogens is 1. The van der Waals surface area contributed by atoms with Crippen molar-refractivity contribution in [3.05, 3.63) is 52.9 Å². The van der Waals surface area contributed by atoms with Gasteiger partial charge in [-0.15, -0.1) is 0 Å². The smallest absolute Gasteiger partial charge is 0.266 e. The maximum atomic E-state index is 12.9. The maximum Gasteiger partial charge on any atom is 0.266 e. The Bertz CT molecular complexity index is 1050. The molecule has 0 bridgehead atoms. The highest BCUT2D eigenvalue weighted by atomic mass is 16.2. The number of nitriles is 1. The van der Waals surface area contributed by atoms with Gasteiger partial charge in [-0.05, 0) is 56.5 Å². The number of rotatable bonds is 5. The average molecular weight is 419 g/mol. The van der Waals surface area contributed by atoms with E-state index in [4.69, 9.17) is 0 Å². The van der Waals surface area contributed by atoms with E-state index in [1.54, 1.807) is 37.4 Å². The molecule has 1 aromatic carbocycles. The number of benzene rings is 1. The lowest BCUT2D eigenvalue weighted by Gasteiger charge is -2.26. The summed E-state index contributed by atoms with van der Waals surface area (Å²) in [6.07, 6.45) is 7.78. The number of hydrogen-bond donors (Lipinski definition) is 1. The van der Waals surface area contributed by atoms with E-state index in [1.165, 1.54) is 43.9 Å². The van der Waals surface area contributed by atoms with Gasteiger partial charge in [-0.2, -0.15) is 5.26 Å². The number of para-hydroxylation sites is 2. The van der Waals surface area contributed by atoms with Gasteiger partial charge in [-0.25, -0.2) is 0 Å². The first kappa shape index (κ1) is 22.4. The predicted molar refractivity (Wildman–Crippen MR) is 124 cm³/mol. The Morgan fingerprint density at radius 1 is 1.19 bits per heavy atom. The minimum atomic E-state index is -0.491. The summed E-state index contributed by atoms with van der Waals surface area (Å²) < 4.78 is 2.36. The molecule has 0 spiro atoms. The highest BCUT2D eigenvalue weighted by Gasteiger charge is 2.21. The molecule has 6 nitrogen and oxygen atoms in total. The van der Waals surface area contributed by atoms with Gasteiger partial charge in [-0.3, -0.25) is 9.59 Å². The van der Waals surface area contributed by atoms with Crippen molar-refractivity contribution >= 4 is 29.3 Å². The topological polar surface area (TPSA) is 78.1 Å². The van der Waals surface area contributed by atoms with Crippen molar-refractivity contribution in [1.82, 2.24) is 4.57 Å². The summed E-state index contributed by atoms with van der Waals surface area (Å²) in [5.41, 5.74) is 4.23. The Morgan fingerprint density at radius 3 is 2.52 bits per heavy atom. The molecular weight excluding hydrogens is 388 g/mol. The molecule has 3 rings (SSSR count). The van der Waals surface area contributed by atoms with Crippen LogP contribution < -0.4 is 10.2 Å². The van der Waals surface area contributed by atoms with Crippen molar-refractivity contribution in [2.75, 3.05) is 17.3 Å². The molecule has 1 aliphatic rings. The number of hydrogen-bond acceptors (Lipinski definition) is 3. The van der Waals surface area contributed by atoms with Crippen LogP contribution in [0.15, 0.2) is 35.9 Å². The van der Waals surface area contributed by atoms with Crippen molar-refractivity contribution in [3.63, 3.8) is 0 Å². The average Bonchev–Trinajstić information content (AvgIpc) is 3.05. The van der Waals surface area contributed by atoms with Crippen LogP contribution in [0.2, 0.25) is 0 Å². The van der Waals surface area contributed by atoms with Gasteiger partial charge < -0.3 is 14.8 Å². The molecule has 0 saturated heterocycles. The predicted octanol–water partition coefficient (Wildman–Crippen LogP) is 5.14. The second-order valence-electron chi connectivity index (χ2n) is 8.21. The zero-order valence-electron chi connectivity index (χ0n) is 18.7. The third-order valence-corrected chi connectivity index (χ3v) is 6.11. The molecule has 162 valence electrons. The van der Waals surface area contributed by atoms with Crippen LogP contribution in [-0.2, 0) is 9.59 Å². The monoisotopic (exact) mass is 418 g/mol. The fourth-order valence-electron chi connectivity index (χ4n) is 4.39. The van der Waals surface area contributed by atoms with Crippen LogP contribution in [0.3, 0.4) is 0 Å². The van der Waals surface area contributed by atoms with Gasteiger partial charge in [-0.1, -0.05) is 31.4 Å². The molecule has 0 radical (unpaired) electrons. The van der Waals surface area contributed by atoms with Gasteiger partial charge >= 0.3 is 0 Å². The van der Waals surface area contributed by atoms with Gasteiger partial charge in [0.2, 0.25) is 5.91 Å². The largest absolute Gasteiger partial charge is 0.346 e. The van der Waals surface area contributed by atoms with Crippen molar-refractivity contribution < 1.29 is 9.59 Å². The van der Waals surface area contributed by atoms with Gasteiger partial charge in [0.25, 0.3) is 5.91 Å². The summed E-state index contributed by atoms with van der Waals surface area (Å²) >= 11 is 0. The van der Waals surface area contributed by atoms with Crippen molar-refractivity contribution in [1.29, 1.82) is 5.26 Å². The fourth-order valence-corrected chi connectivity index (χ4v) is 4.39. The number of carbonyl (C=O) groups excluding carboxylic acids is 2. The van der Waals surface area contributed by atoms with Crippen LogP contribution in [0, 0.1) is 25.2 Å². The van der Waals surface area contributed by atoms with Crippen molar-refractivity contribution in [2.45, 2.75) is 58.9 Å². The maximum absolute atomic E-state index is 12.9. The summed E-state index contributed by atoms with van der Waals surface area (Å²) in [6, 6.07) is 11.6. The Morgan fingerprint density at radius 2 is 1.87 bits per heavy atom. The summed E-state index contributed by atoms with van der Waals surface area (Å²) in [4.78, 5) is 26.1. The second-order valence-corrected chi connectivity index (χ2v) is 8.21. The number of amides is 2. The van der Waals surface area contributed by atoms with E-state index in [1.807, 2.05) is 12.1 Å². The Kier molecular flexibility index (Phi) is 6.96. The first-order valence-electron chi connectivity index (χ1n) is 10.8. The van der Waals surface area contributed by atoms with Crippen LogP contribution >= 0.6 is 0 Å². The molecule has 1 N–H and O–H groups in total. The Hall–Kier alpha value is -3.33. The number of nitrogens with zero attached hydrogens (tertiary/aromatic N) is 3. The number of anilines is 2. The molecule has 6 heteroatoms. The van der Waals surface area contributed by atoms with E-state index in [2.05, 4.69) is 23.7 Å². The van der Waals surface area contributed by atoms with E-state index in [0.717, 1.165) is 17.0 Å². The van der Waals surface area contributed by atoms with Crippen LogP contribution in [0.4, 0.5) is 11.4 Å². The van der Waals surface area contributed by atoms with Crippen LogP contribution in [0.5, 0.6) is 0 Å². The molecule has 0 atom stereocenters. The van der Waals surface area contributed by atoms with Crippen LogP contribution in [0.25, 0.3) is 6.08 Å². The van der Waals surface area contributed by atoms with E-state index in [-0.39, 0.29) is 11.5 Å². The van der Waals surface area contributed by atoms with Gasteiger partial charge in [0.05, 0.1) is 11.4 Å². The number of aryl methyl sites for hydroxylation is 1. The van der Waals surface area contributed by atoms with Crippen LogP contribution in [0.1, 0.15) is 62.0 Å². The molecule has 1 fully saturated rings. The standard InChI is InChI=1S/C25H30N4O2/c1-17-14-20(18(2)29(17)22-10-6-5-7-11-22)15-21(16-26)25(31)27-23-12-8-9-13-24(23)28(4)19(3)30/h8-9,12-15,22H,5-7,10-11H2,1-4H3,(H,27,31)/b21-15+. The minimum absolute atomic E-state index is 0.0316. The fraction of sp³-hybridized carbons (Fsp3) is 0.400. The Labute approximate surface area is 184 Å². The van der Waals surface area contributed by atoms with Crippen molar-refractivity contribution in [3.8, 4) is 6.07 Å². The molecule has 2 aromatic rings. The van der Waals surface area contributed by atoms with Gasteiger partial charge in [0, 0.05) is 31.4 Å². The molecule has 2 amide bonds. The molecule has 1 saturated carbocycles. The quantitative estimate of drug-likeness (QED) is 0.539. The summed E-state index contributed by atoms with van der Waals surface area (Å²) in [5, 5.41) is 12.5. The highest BCUT2D eigenvalue weighted by molar-refractivity contribution is 6.11. The van der Waals surface area contributed by atoms with E-state index in [9.17, 15) is 14.9 Å². The second kappa shape index (κ2) is 9.65. The number of nitrogens with one attached hydrogen (secondary N) is 1. The lowest BCUT2D eigenvalue weighted by molar-refractivity contribution is -0.116. The first-order chi connectivity index (χ1) is 14.8. The van der Waals surface area contributed by atoms with E-state index < -0.39 is 5.91 Å². The van der Waals surface area contributed by atoms with Gasteiger partial charge in [0.1, 0.15) is 11.6 Å². The highest BCUT2D eigenvalue weighted by Crippen LogP contribution is 2.33. The lowest BCUT2D eigenvalue weighted by Crippen LogP contribution is -2.25. The Balaban J connectivity index is 1.87. The van der Waals surface area contributed by atoms with Gasteiger partial charge in [0.15, 0.2) is 0 Å². The van der Waals surface area contributed by atoms with Crippen molar-refractivity contribution in [2.24, 2.45) is 0 Å². The lowest BCUT2D eigenvalue weighted by atomic mass is 9.95. The minimum Gasteiger partial charge on any atom is -0.346 e. The van der Waals surface area contributed by atoms with Crippen LogP contribution in [-0.4, -0.2) is 23.4 Å². The van der Waals surface area contributed by atoms with E-state index >= 15 is 0 Å². The summed E-state index contributed by atoms with van der Waals surface area (Å²) in [6.45, 7) is 5.59. The number of carbonyl (C=O) groups is 2. The third-order valence-electron chi connectivity index (χ3n) is 6.11. The molecule has 1 aliphatic carbocycles. The molecular formula is C25H30N4O2. The molecule has 0 unspecified atom stereocenters. The molecule has 31 heavy (non-hydrogen) atoms. The normalized spacial score (nSPS) is 14.7. The summed E-state index contributed by atoms with van der Waals surface area (Å²) in [7, 11) is 1.65. The summed E-state index contributed by atoms with van der Waals surface area (Å²) in [5.74, 6) is -0.637. The third kappa shape index (κ3) is 4.88.